The van der Waals surface area contributed by atoms with Gasteiger partial charge in [0, 0.05) is 5.56 Å². The summed E-state index contributed by atoms with van der Waals surface area (Å²) >= 11 is 5.01. The number of methoxy groups -OCH3 is 1. The zero-order valence-corrected chi connectivity index (χ0v) is 17.9. The molecule has 8 nitrogen and oxygen atoms in total. The monoisotopic (exact) mass is 429 g/mol. The lowest BCUT2D eigenvalue weighted by molar-refractivity contribution is -0.127. The fourth-order valence-corrected chi connectivity index (χ4v) is 2.52. The summed E-state index contributed by atoms with van der Waals surface area (Å²) in [7, 11) is 1.25. The first-order valence-corrected chi connectivity index (χ1v) is 9.45. The average molecular weight is 429 g/mol. The van der Waals surface area contributed by atoms with Crippen molar-refractivity contribution in [1.82, 2.24) is 16.2 Å². The van der Waals surface area contributed by atoms with Gasteiger partial charge in [0.2, 0.25) is 0 Å². The molecule has 0 aliphatic rings. The molecule has 0 aliphatic heterocycles. The Bertz CT molecular complexity index is 977. The molecule has 3 N–H and O–H groups in total. The van der Waals surface area contributed by atoms with E-state index in [1.165, 1.54) is 25.3 Å². The fourth-order valence-electron chi connectivity index (χ4n) is 2.38. The molecule has 2 aromatic rings. The zero-order chi connectivity index (χ0) is 22.3. The predicted octanol–water partition coefficient (Wildman–Crippen LogP) is 2.19. The van der Waals surface area contributed by atoms with Gasteiger partial charge in [-0.15, -0.1) is 0 Å². The van der Waals surface area contributed by atoms with E-state index >= 15 is 0 Å². The van der Waals surface area contributed by atoms with E-state index in [-0.39, 0.29) is 16.2 Å². The Morgan fingerprint density at radius 3 is 2.33 bits per heavy atom. The summed E-state index contributed by atoms with van der Waals surface area (Å²) in [5.74, 6) is -1.01. The van der Waals surface area contributed by atoms with Crippen LogP contribution < -0.4 is 20.9 Å². The molecule has 0 spiro atoms. The average Bonchev–Trinajstić information content (AvgIpc) is 2.74. The van der Waals surface area contributed by atoms with E-state index in [2.05, 4.69) is 20.9 Å². The number of thiocarbonyl (C=S) groups is 1. The number of aryl methyl sites for hydroxylation is 2. The number of hydrogen-bond acceptors (Lipinski definition) is 6. The van der Waals surface area contributed by atoms with Gasteiger partial charge >= 0.3 is 5.97 Å². The van der Waals surface area contributed by atoms with Crippen molar-refractivity contribution < 1.29 is 23.9 Å². The molecule has 1 atom stereocenters. The lowest BCUT2D eigenvalue weighted by Crippen LogP contribution is -2.51. The van der Waals surface area contributed by atoms with Crippen molar-refractivity contribution in [3.63, 3.8) is 0 Å². The predicted molar refractivity (Wildman–Crippen MR) is 115 cm³/mol. The molecule has 2 aromatic carbocycles. The number of carbonyl (C=O) groups is 3. The van der Waals surface area contributed by atoms with Gasteiger partial charge in [-0.25, -0.2) is 4.79 Å². The van der Waals surface area contributed by atoms with Gasteiger partial charge in [-0.05, 0) is 74.4 Å². The summed E-state index contributed by atoms with van der Waals surface area (Å²) in [5, 5.41) is 2.30. The summed E-state index contributed by atoms with van der Waals surface area (Å²) in [6.07, 6.45) is -0.796. The van der Waals surface area contributed by atoms with Crippen LogP contribution in [0.5, 0.6) is 5.75 Å². The zero-order valence-electron chi connectivity index (χ0n) is 17.1. The van der Waals surface area contributed by atoms with Gasteiger partial charge in [-0.3, -0.25) is 25.8 Å². The molecule has 0 fully saturated rings. The van der Waals surface area contributed by atoms with Crippen molar-refractivity contribution in [2.24, 2.45) is 0 Å². The van der Waals surface area contributed by atoms with Crippen LogP contribution in [0.2, 0.25) is 0 Å². The van der Waals surface area contributed by atoms with Crippen molar-refractivity contribution in [1.29, 1.82) is 0 Å². The Morgan fingerprint density at radius 2 is 1.67 bits per heavy atom. The van der Waals surface area contributed by atoms with E-state index in [1.807, 2.05) is 26.0 Å². The topological polar surface area (TPSA) is 106 Å². The first-order valence-electron chi connectivity index (χ1n) is 9.04. The van der Waals surface area contributed by atoms with Crippen LogP contribution in [0.25, 0.3) is 0 Å². The molecular weight excluding hydrogens is 406 g/mol. The number of amides is 2. The number of carbonyl (C=O) groups excluding carboxylic acids is 3. The maximum Gasteiger partial charge on any atom is 0.337 e. The molecule has 0 aromatic heterocycles. The number of hydrazine groups is 1. The molecule has 9 heteroatoms. The minimum absolute atomic E-state index is 0.116. The Kier molecular flexibility index (Phi) is 7.88. The van der Waals surface area contributed by atoms with Gasteiger partial charge in [0.05, 0.1) is 12.7 Å². The quantitative estimate of drug-likeness (QED) is 0.380. The number of nitrogens with one attached hydrogen (secondary N) is 3. The van der Waals surface area contributed by atoms with Crippen LogP contribution in [0.1, 0.15) is 38.8 Å². The highest BCUT2D eigenvalue weighted by Crippen LogP contribution is 2.17. The number of esters is 1. The van der Waals surface area contributed by atoms with E-state index < -0.39 is 23.9 Å². The van der Waals surface area contributed by atoms with Gasteiger partial charge < -0.3 is 9.47 Å². The number of hydrogen-bond donors (Lipinski definition) is 3. The molecule has 0 aliphatic carbocycles. The van der Waals surface area contributed by atoms with Gasteiger partial charge in [0.15, 0.2) is 11.2 Å². The van der Waals surface area contributed by atoms with Crippen LogP contribution in [-0.4, -0.2) is 36.1 Å². The van der Waals surface area contributed by atoms with Crippen molar-refractivity contribution in [2.45, 2.75) is 26.9 Å². The molecule has 0 radical (unpaired) electrons. The van der Waals surface area contributed by atoms with Gasteiger partial charge in [0.1, 0.15) is 5.75 Å². The van der Waals surface area contributed by atoms with Crippen LogP contribution in [0.4, 0.5) is 0 Å². The van der Waals surface area contributed by atoms with E-state index in [0.29, 0.717) is 5.75 Å². The van der Waals surface area contributed by atoms with Gasteiger partial charge in [-0.1, -0.05) is 12.1 Å². The summed E-state index contributed by atoms with van der Waals surface area (Å²) in [6.45, 7) is 5.53. The van der Waals surface area contributed by atoms with E-state index in [9.17, 15) is 14.4 Å². The molecule has 158 valence electrons. The summed E-state index contributed by atoms with van der Waals surface area (Å²) in [6, 6.07) is 11.5. The molecule has 0 saturated heterocycles. The van der Waals surface area contributed by atoms with Crippen molar-refractivity contribution in [3.8, 4) is 5.75 Å². The lowest BCUT2D eigenvalue weighted by Gasteiger charge is -2.17. The van der Waals surface area contributed by atoms with E-state index in [0.717, 1.165) is 11.1 Å². The number of rotatable bonds is 5. The molecule has 0 saturated carbocycles. The highest BCUT2D eigenvalue weighted by atomic mass is 32.1. The Balaban J connectivity index is 1.86. The number of ether oxygens (including phenoxy) is 2. The second-order valence-corrected chi connectivity index (χ2v) is 6.88. The molecular formula is C21H23N3O5S. The van der Waals surface area contributed by atoms with Crippen LogP contribution in [-0.2, 0) is 9.53 Å². The van der Waals surface area contributed by atoms with Crippen LogP contribution in [0.15, 0.2) is 42.5 Å². The van der Waals surface area contributed by atoms with Crippen LogP contribution in [0.3, 0.4) is 0 Å². The van der Waals surface area contributed by atoms with Crippen molar-refractivity contribution in [3.05, 3.63) is 64.7 Å². The Labute approximate surface area is 179 Å². The minimum Gasteiger partial charge on any atom is -0.481 e. The van der Waals surface area contributed by atoms with Crippen molar-refractivity contribution >= 4 is 35.1 Å². The highest BCUT2D eigenvalue weighted by molar-refractivity contribution is 7.80. The molecule has 0 bridgehead atoms. The molecule has 1 unspecified atom stereocenters. The maximum absolute atomic E-state index is 12.3. The third kappa shape index (κ3) is 6.28. The van der Waals surface area contributed by atoms with Crippen molar-refractivity contribution in [2.75, 3.05) is 7.11 Å². The minimum atomic E-state index is -0.796. The SMILES string of the molecule is COC(=O)c1cccc(C(=O)NC(=S)NNC(=O)C(C)Oc2ccc(C)c(C)c2)c1. The first-order chi connectivity index (χ1) is 14.2. The van der Waals surface area contributed by atoms with Gasteiger partial charge in [-0.2, -0.15) is 0 Å². The van der Waals surface area contributed by atoms with Gasteiger partial charge in [0.25, 0.3) is 11.8 Å². The molecule has 30 heavy (non-hydrogen) atoms. The number of benzene rings is 2. The largest absolute Gasteiger partial charge is 0.481 e. The van der Waals surface area contributed by atoms with E-state index in [4.69, 9.17) is 17.0 Å². The summed E-state index contributed by atoms with van der Waals surface area (Å²) in [5.41, 5.74) is 7.44. The molecule has 2 rings (SSSR count). The lowest BCUT2D eigenvalue weighted by atomic mass is 10.1. The first kappa shape index (κ1) is 22.8. The normalized spacial score (nSPS) is 11.1. The summed E-state index contributed by atoms with van der Waals surface area (Å²) in [4.78, 5) is 36.0. The van der Waals surface area contributed by atoms with Crippen LogP contribution >= 0.6 is 12.2 Å². The molecule has 2 amide bonds. The Morgan fingerprint density at radius 1 is 0.967 bits per heavy atom. The third-order valence-corrected chi connectivity index (χ3v) is 4.44. The fraction of sp³-hybridized carbons (Fsp3) is 0.238. The Hall–Kier alpha value is -3.46. The smallest absolute Gasteiger partial charge is 0.337 e. The summed E-state index contributed by atoms with van der Waals surface area (Å²) < 4.78 is 10.2. The second-order valence-electron chi connectivity index (χ2n) is 6.48. The van der Waals surface area contributed by atoms with E-state index in [1.54, 1.807) is 19.1 Å². The second kappa shape index (κ2) is 10.4. The standard InChI is InChI=1S/C21H23N3O5S/c1-12-8-9-17(10-13(12)2)29-14(3)18(25)23-24-21(30)22-19(26)15-6-5-7-16(11-15)20(27)28-4/h5-11,14H,1-4H3,(H,23,25)(H2,22,24,26,30). The highest BCUT2D eigenvalue weighted by Gasteiger charge is 2.16. The maximum atomic E-state index is 12.3. The third-order valence-electron chi connectivity index (χ3n) is 4.23. The molecule has 0 heterocycles. The van der Waals surface area contributed by atoms with Crippen LogP contribution in [0, 0.1) is 13.8 Å².